The zero-order chi connectivity index (χ0) is 18.2. The van der Waals surface area contributed by atoms with Crippen molar-refractivity contribution < 1.29 is 13.9 Å². The predicted octanol–water partition coefficient (Wildman–Crippen LogP) is 4.68. The van der Waals surface area contributed by atoms with Gasteiger partial charge in [0.1, 0.15) is 12.0 Å². The van der Waals surface area contributed by atoms with E-state index in [1.807, 2.05) is 26.0 Å². The van der Waals surface area contributed by atoms with Gasteiger partial charge in [-0.15, -0.1) is 0 Å². The number of allylic oxidation sites excluding steroid dienone is 3. The quantitative estimate of drug-likeness (QED) is 0.799. The number of nitrogens with zero attached hydrogens (tertiary/aromatic N) is 1. The molecule has 0 radical (unpaired) electrons. The summed E-state index contributed by atoms with van der Waals surface area (Å²) in [5.41, 5.74) is 3.38. The summed E-state index contributed by atoms with van der Waals surface area (Å²) in [4.78, 5) is 15.2. The summed E-state index contributed by atoms with van der Waals surface area (Å²) >= 11 is 0. The number of carbonyl (C=O) groups excluding carboxylic acids is 1. The van der Waals surface area contributed by atoms with E-state index in [1.54, 1.807) is 7.11 Å². The Bertz CT molecular complexity index is 775. The molecule has 2 aromatic rings. The highest BCUT2D eigenvalue weighted by Crippen LogP contribution is 2.30. The third-order valence-corrected chi connectivity index (χ3v) is 4.02. The molecular formula is C20H26N2O3. The van der Waals surface area contributed by atoms with E-state index in [-0.39, 0.29) is 6.04 Å². The Hall–Kier alpha value is -2.56. The van der Waals surface area contributed by atoms with Crippen LogP contribution in [0.5, 0.6) is 5.75 Å². The number of ether oxygens (including phenoxy) is 1. The van der Waals surface area contributed by atoms with Crippen LogP contribution in [-0.2, 0) is 11.2 Å². The van der Waals surface area contributed by atoms with Crippen molar-refractivity contribution in [2.75, 3.05) is 12.4 Å². The number of carbonyl (C=O) groups is 1. The molecule has 0 fully saturated rings. The van der Waals surface area contributed by atoms with Gasteiger partial charge >= 0.3 is 0 Å². The van der Waals surface area contributed by atoms with E-state index in [2.05, 4.69) is 35.5 Å². The van der Waals surface area contributed by atoms with Crippen LogP contribution in [0.4, 0.5) is 6.01 Å². The average molecular weight is 342 g/mol. The molecule has 0 amide bonds. The van der Waals surface area contributed by atoms with E-state index in [0.717, 1.165) is 24.7 Å². The van der Waals surface area contributed by atoms with E-state index >= 15 is 0 Å². The monoisotopic (exact) mass is 342 g/mol. The van der Waals surface area contributed by atoms with Gasteiger partial charge in [-0.25, -0.2) is 0 Å². The number of nitrogens with one attached hydrogen (secondary N) is 1. The second-order valence-corrected chi connectivity index (χ2v) is 5.65. The van der Waals surface area contributed by atoms with Crippen LogP contribution in [0.1, 0.15) is 39.2 Å². The van der Waals surface area contributed by atoms with Crippen molar-refractivity contribution in [2.45, 2.75) is 46.1 Å². The maximum atomic E-state index is 10.7. The number of anilines is 1. The highest BCUT2D eigenvalue weighted by Gasteiger charge is 2.17. The Kier molecular flexibility index (Phi) is 6.81. The lowest BCUT2D eigenvalue weighted by Crippen LogP contribution is -2.20. The molecule has 0 saturated carbocycles. The molecule has 0 bridgehead atoms. The van der Waals surface area contributed by atoms with Gasteiger partial charge in [0.25, 0.3) is 6.01 Å². The van der Waals surface area contributed by atoms with E-state index < -0.39 is 0 Å². The first-order chi connectivity index (χ1) is 12.2. The fraction of sp³-hybridized carbons (Fsp3) is 0.400. The molecule has 1 aromatic heterocycles. The predicted molar refractivity (Wildman–Crippen MR) is 101 cm³/mol. The fourth-order valence-electron chi connectivity index (χ4n) is 2.74. The Balaban J connectivity index is 0.00000109. The van der Waals surface area contributed by atoms with Crippen molar-refractivity contribution in [1.82, 2.24) is 4.98 Å². The summed E-state index contributed by atoms with van der Waals surface area (Å²) in [5.74, 6) is 0.617. The fourth-order valence-corrected chi connectivity index (χ4v) is 2.74. The summed E-state index contributed by atoms with van der Waals surface area (Å²) in [6.45, 7) is 6.10. The first kappa shape index (κ1) is 18.8. The van der Waals surface area contributed by atoms with Crippen LogP contribution in [0.2, 0.25) is 0 Å². The second-order valence-electron chi connectivity index (χ2n) is 5.65. The summed E-state index contributed by atoms with van der Waals surface area (Å²) < 4.78 is 11.2. The number of methoxy groups -OCH3 is 1. The van der Waals surface area contributed by atoms with Gasteiger partial charge in [-0.1, -0.05) is 37.6 Å². The summed E-state index contributed by atoms with van der Waals surface area (Å²) in [7, 11) is 1.59. The van der Waals surface area contributed by atoms with Crippen LogP contribution < -0.4 is 10.1 Å². The maximum absolute atomic E-state index is 10.7. The maximum Gasteiger partial charge on any atom is 0.296 e. The lowest BCUT2D eigenvalue weighted by Gasteiger charge is -2.16. The molecule has 25 heavy (non-hydrogen) atoms. The minimum absolute atomic E-state index is 0.193. The van der Waals surface area contributed by atoms with Gasteiger partial charge in [-0.3, -0.25) is 0 Å². The molecular weight excluding hydrogens is 316 g/mol. The van der Waals surface area contributed by atoms with Crippen LogP contribution >= 0.6 is 0 Å². The van der Waals surface area contributed by atoms with Crippen molar-refractivity contribution >= 4 is 23.4 Å². The number of fused-ring (bicyclic) bond motifs is 1. The number of oxazole rings is 1. The highest BCUT2D eigenvalue weighted by molar-refractivity contribution is 5.83. The summed E-state index contributed by atoms with van der Waals surface area (Å²) in [6, 6.07) is 4.32. The third-order valence-electron chi connectivity index (χ3n) is 4.02. The van der Waals surface area contributed by atoms with Crippen LogP contribution in [0.25, 0.3) is 11.1 Å². The normalized spacial score (nSPS) is 16.5. The molecule has 1 aromatic carbocycles. The number of aromatic nitrogens is 1. The number of benzene rings is 1. The van der Waals surface area contributed by atoms with Crippen molar-refractivity contribution in [3.8, 4) is 5.75 Å². The Labute approximate surface area is 148 Å². The molecule has 3 rings (SSSR count). The first-order valence-corrected chi connectivity index (χ1v) is 8.72. The van der Waals surface area contributed by atoms with E-state index in [1.165, 1.54) is 5.57 Å². The Morgan fingerprint density at radius 1 is 1.40 bits per heavy atom. The second kappa shape index (κ2) is 9.06. The largest absolute Gasteiger partial charge is 0.494 e. The molecule has 1 atom stereocenters. The van der Waals surface area contributed by atoms with Crippen LogP contribution in [0, 0.1) is 0 Å². The Morgan fingerprint density at radius 3 is 2.92 bits per heavy atom. The number of hydrogen-bond donors (Lipinski definition) is 1. The smallest absolute Gasteiger partial charge is 0.296 e. The molecule has 0 spiro atoms. The van der Waals surface area contributed by atoms with E-state index in [9.17, 15) is 4.79 Å². The van der Waals surface area contributed by atoms with E-state index in [0.29, 0.717) is 29.3 Å². The average Bonchev–Trinajstić information content (AvgIpc) is 2.93. The van der Waals surface area contributed by atoms with Gasteiger partial charge in [0.2, 0.25) is 0 Å². The summed E-state index contributed by atoms with van der Waals surface area (Å²) in [5, 5.41) is 3.35. The lowest BCUT2D eigenvalue weighted by atomic mass is 10.1. The molecule has 5 nitrogen and oxygen atoms in total. The molecule has 1 unspecified atom stereocenters. The highest BCUT2D eigenvalue weighted by atomic mass is 16.5. The number of aldehydes is 1. The van der Waals surface area contributed by atoms with Crippen molar-refractivity contribution in [2.24, 2.45) is 0 Å². The number of rotatable bonds is 5. The van der Waals surface area contributed by atoms with E-state index in [4.69, 9.17) is 9.15 Å². The van der Waals surface area contributed by atoms with Gasteiger partial charge in [0.15, 0.2) is 11.1 Å². The topological polar surface area (TPSA) is 64.4 Å². The van der Waals surface area contributed by atoms with Gasteiger partial charge in [-0.05, 0) is 37.5 Å². The molecule has 0 aliphatic heterocycles. The molecule has 1 aliphatic carbocycles. The lowest BCUT2D eigenvalue weighted by molar-refractivity contribution is -0.107. The minimum Gasteiger partial charge on any atom is -0.494 e. The SMILES string of the molecule is CC.COc1cc(CC=O)cc2oc(NC3CCC=CC=C3C)nc12. The standard InChI is InChI=1S/C18H20N2O3.C2H6/c1-12-6-4-3-5-7-14(12)19-18-20-17-15(22-2)10-13(8-9-21)11-16(17)23-18;1-2/h3-4,6,9-11,14H,5,7-8H2,1-2H3,(H,19,20);1-2H3. The molecule has 1 aliphatic rings. The molecule has 1 N–H and O–H groups in total. The van der Waals surface area contributed by atoms with Gasteiger partial charge < -0.3 is 19.3 Å². The zero-order valence-corrected chi connectivity index (χ0v) is 15.3. The molecule has 5 heteroatoms. The first-order valence-electron chi connectivity index (χ1n) is 8.72. The van der Waals surface area contributed by atoms with Crippen LogP contribution in [-0.4, -0.2) is 24.4 Å². The van der Waals surface area contributed by atoms with Gasteiger partial charge in [-0.2, -0.15) is 4.98 Å². The van der Waals surface area contributed by atoms with Gasteiger partial charge in [0, 0.05) is 6.42 Å². The summed E-state index contributed by atoms with van der Waals surface area (Å²) in [6.07, 6.45) is 9.54. The van der Waals surface area contributed by atoms with Crippen molar-refractivity contribution in [3.05, 3.63) is 41.5 Å². The molecule has 134 valence electrons. The Morgan fingerprint density at radius 2 is 2.20 bits per heavy atom. The molecule has 1 heterocycles. The third kappa shape index (κ3) is 4.50. The zero-order valence-electron chi connectivity index (χ0n) is 15.3. The minimum atomic E-state index is 0.193. The van der Waals surface area contributed by atoms with Gasteiger partial charge in [0.05, 0.1) is 13.2 Å². The van der Waals surface area contributed by atoms with Crippen LogP contribution in [0.3, 0.4) is 0 Å². The van der Waals surface area contributed by atoms with Crippen LogP contribution in [0.15, 0.2) is 40.4 Å². The van der Waals surface area contributed by atoms with Crippen molar-refractivity contribution in [3.63, 3.8) is 0 Å². The molecule has 0 saturated heterocycles. The number of hydrogen-bond acceptors (Lipinski definition) is 5. The van der Waals surface area contributed by atoms with Crippen molar-refractivity contribution in [1.29, 1.82) is 0 Å².